The van der Waals surface area contributed by atoms with Crippen LogP contribution in [0, 0.1) is 0 Å². The Balaban J connectivity index is 2.36. The first kappa shape index (κ1) is 10.7. The molecule has 15 heavy (non-hydrogen) atoms. The van der Waals surface area contributed by atoms with Gasteiger partial charge in [-0.2, -0.15) is 0 Å². The average Bonchev–Trinajstić information content (AvgIpc) is 2.79. The average molecular weight is 242 g/mol. The minimum atomic E-state index is 0.141. The second kappa shape index (κ2) is 4.35. The number of nitrogens with two attached hydrogens (primary N) is 1. The second-order valence-corrected chi connectivity index (χ2v) is 5.07. The van der Waals surface area contributed by atoms with Crippen LogP contribution in [0.2, 0.25) is 4.34 Å². The zero-order valence-electron chi connectivity index (χ0n) is 8.35. The Morgan fingerprint density at radius 1 is 1.60 bits per heavy atom. The van der Waals surface area contributed by atoms with Crippen LogP contribution in [-0.2, 0) is 7.05 Å². The zero-order valence-corrected chi connectivity index (χ0v) is 9.92. The Morgan fingerprint density at radius 3 is 2.87 bits per heavy atom. The van der Waals surface area contributed by atoms with E-state index < -0.39 is 0 Å². The predicted octanol–water partition coefficient (Wildman–Crippen LogP) is 2.23. The fourth-order valence-corrected chi connectivity index (χ4v) is 2.75. The van der Waals surface area contributed by atoms with Gasteiger partial charge in [0.1, 0.15) is 5.82 Å². The van der Waals surface area contributed by atoms with Gasteiger partial charge in [-0.3, -0.25) is 0 Å². The van der Waals surface area contributed by atoms with Crippen molar-refractivity contribution in [3.8, 4) is 0 Å². The maximum atomic E-state index is 5.91. The summed E-state index contributed by atoms with van der Waals surface area (Å²) in [4.78, 5) is 5.48. The van der Waals surface area contributed by atoms with E-state index in [-0.39, 0.29) is 5.92 Å². The zero-order chi connectivity index (χ0) is 10.8. The van der Waals surface area contributed by atoms with Crippen molar-refractivity contribution >= 4 is 22.9 Å². The molecule has 0 aromatic carbocycles. The van der Waals surface area contributed by atoms with E-state index in [1.54, 1.807) is 17.5 Å². The molecule has 2 heterocycles. The van der Waals surface area contributed by atoms with E-state index in [2.05, 4.69) is 4.98 Å². The minimum Gasteiger partial charge on any atom is -0.337 e. The van der Waals surface area contributed by atoms with E-state index in [9.17, 15) is 0 Å². The molecule has 0 aliphatic rings. The van der Waals surface area contributed by atoms with E-state index in [1.165, 1.54) is 0 Å². The summed E-state index contributed by atoms with van der Waals surface area (Å²) in [5.41, 5.74) is 5.78. The lowest BCUT2D eigenvalue weighted by atomic mass is 10.1. The normalized spacial score (nSPS) is 13.0. The van der Waals surface area contributed by atoms with Crippen molar-refractivity contribution in [2.45, 2.75) is 5.92 Å². The number of nitrogens with zero attached hydrogens (tertiary/aromatic N) is 2. The summed E-state index contributed by atoms with van der Waals surface area (Å²) in [5, 5.41) is 0. The molecule has 2 N–H and O–H groups in total. The quantitative estimate of drug-likeness (QED) is 0.896. The van der Waals surface area contributed by atoms with Gasteiger partial charge in [-0.05, 0) is 12.1 Å². The molecule has 5 heteroatoms. The van der Waals surface area contributed by atoms with Crippen molar-refractivity contribution in [1.82, 2.24) is 9.55 Å². The second-order valence-electron chi connectivity index (χ2n) is 3.33. The molecule has 0 radical (unpaired) electrons. The lowest BCUT2D eigenvalue weighted by Crippen LogP contribution is -2.16. The fourth-order valence-electron chi connectivity index (χ4n) is 1.58. The van der Waals surface area contributed by atoms with Gasteiger partial charge in [0.15, 0.2) is 0 Å². The van der Waals surface area contributed by atoms with Crippen LogP contribution in [-0.4, -0.2) is 16.1 Å². The van der Waals surface area contributed by atoms with Crippen molar-refractivity contribution in [2.75, 3.05) is 6.54 Å². The summed E-state index contributed by atoms with van der Waals surface area (Å²) in [7, 11) is 1.97. The van der Waals surface area contributed by atoms with Crippen LogP contribution in [0.5, 0.6) is 0 Å². The number of aromatic nitrogens is 2. The number of hydrogen-bond acceptors (Lipinski definition) is 3. The van der Waals surface area contributed by atoms with Gasteiger partial charge in [-0.25, -0.2) is 4.98 Å². The topological polar surface area (TPSA) is 43.8 Å². The highest BCUT2D eigenvalue weighted by atomic mass is 35.5. The number of rotatable bonds is 3. The van der Waals surface area contributed by atoms with Crippen LogP contribution in [0.15, 0.2) is 24.5 Å². The van der Waals surface area contributed by atoms with E-state index >= 15 is 0 Å². The van der Waals surface area contributed by atoms with Gasteiger partial charge >= 0.3 is 0 Å². The van der Waals surface area contributed by atoms with Crippen LogP contribution >= 0.6 is 22.9 Å². The summed E-state index contributed by atoms with van der Waals surface area (Å²) < 4.78 is 2.78. The molecular weight excluding hydrogens is 230 g/mol. The molecule has 0 aliphatic heterocycles. The first-order valence-corrected chi connectivity index (χ1v) is 5.84. The molecule has 0 bridgehead atoms. The molecule has 2 aromatic heterocycles. The molecule has 3 nitrogen and oxygen atoms in total. The van der Waals surface area contributed by atoms with Gasteiger partial charge < -0.3 is 10.3 Å². The third-order valence-corrected chi connectivity index (χ3v) is 3.69. The smallest absolute Gasteiger partial charge is 0.118 e. The number of imidazole rings is 1. The Bertz CT molecular complexity index is 449. The van der Waals surface area contributed by atoms with E-state index in [0.29, 0.717) is 6.54 Å². The van der Waals surface area contributed by atoms with Crippen molar-refractivity contribution in [2.24, 2.45) is 12.8 Å². The van der Waals surface area contributed by atoms with Gasteiger partial charge in [-0.15, -0.1) is 11.3 Å². The number of hydrogen-bond donors (Lipinski definition) is 1. The van der Waals surface area contributed by atoms with Gasteiger partial charge in [0, 0.05) is 30.9 Å². The molecule has 1 atom stereocenters. The third-order valence-electron chi connectivity index (χ3n) is 2.34. The molecule has 0 fully saturated rings. The highest BCUT2D eigenvalue weighted by molar-refractivity contribution is 7.16. The van der Waals surface area contributed by atoms with E-state index in [4.69, 9.17) is 17.3 Å². The molecule has 0 aliphatic carbocycles. The summed E-state index contributed by atoms with van der Waals surface area (Å²) in [6.07, 6.45) is 3.71. The first-order valence-electron chi connectivity index (χ1n) is 4.65. The Hall–Kier alpha value is -0.840. The van der Waals surface area contributed by atoms with Gasteiger partial charge in [0.2, 0.25) is 0 Å². The molecule has 0 spiro atoms. The maximum absolute atomic E-state index is 5.91. The van der Waals surface area contributed by atoms with Crippen molar-refractivity contribution in [3.05, 3.63) is 39.6 Å². The Morgan fingerprint density at radius 2 is 2.40 bits per heavy atom. The van der Waals surface area contributed by atoms with Crippen molar-refractivity contribution in [3.63, 3.8) is 0 Å². The maximum Gasteiger partial charge on any atom is 0.118 e. The molecule has 0 saturated carbocycles. The molecule has 2 rings (SSSR count). The Labute approximate surface area is 97.5 Å². The summed E-state index contributed by atoms with van der Waals surface area (Å²) >= 11 is 7.47. The monoisotopic (exact) mass is 241 g/mol. The predicted molar refractivity (Wildman–Crippen MR) is 63.4 cm³/mol. The van der Waals surface area contributed by atoms with Crippen LogP contribution in [0.3, 0.4) is 0 Å². The number of thiophene rings is 1. The highest BCUT2D eigenvalue weighted by Gasteiger charge is 2.18. The van der Waals surface area contributed by atoms with Crippen molar-refractivity contribution < 1.29 is 0 Å². The van der Waals surface area contributed by atoms with Gasteiger partial charge in [-0.1, -0.05) is 11.6 Å². The molecular formula is C10H12ClN3S. The molecule has 0 amide bonds. The van der Waals surface area contributed by atoms with E-state index in [0.717, 1.165) is 15.0 Å². The van der Waals surface area contributed by atoms with E-state index in [1.807, 2.05) is 29.9 Å². The number of aryl methyl sites for hydroxylation is 1. The minimum absolute atomic E-state index is 0.141. The molecule has 80 valence electrons. The fraction of sp³-hybridized carbons (Fsp3) is 0.300. The highest BCUT2D eigenvalue weighted by Crippen LogP contribution is 2.31. The summed E-state index contributed by atoms with van der Waals surface area (Å²) in [6, 6.07) is 3.91. The molecule has 0 saturated heterocycles. The SMILES string of the molecule is Cn1ccnc1C(CN)c1ccc(Cl)s1. The van der Waals surface area contributed by atoms with Gasteiger partial charge in [0.25, 0.3) is 0 Å². The number of halogens is 1. The van der Waals surface area contributed by atoms with Crippen LogP contribution in [0.4, 0.5) is 0 Å². The molecule has 2 aromatic rings. The summed E-state index contributed by atoms with van der Waals surface area (Å²) in [5.74, 6) is 1.12. The molecule has 1 unspecified atom stereocenters. The summed E-state index contributed by atoms with van der Waals surface area (Å²) in [6.45, 7) is 0.543. The Kier molecular flexibility index (Phi) is 3.09. The lowest BCUT2D eigenvalue weighted by Gasteiger charge is -2.12. The van der Waals surface area contributed by atoms with Gasteiger partial charge in [0.05, 0.1) is 10.3 Å². The van der Waals surface area contributed by atoms with Crippen LogP contribution in [0.25, 0.3) is 0 Å². The van der Waals surface area contributed by atoms with Crippen LogP contribution < -0.4 is 5.73 Å². The largest absolute Gasteiger partial charge is 0.337 e. The standard InChI is InChI=1S/C10H12ClN3S/c1-14-5-4-13-10(14)7(6-12)8-2-3-9(11)15-8/h2-5,7H,6,12H2,1H3. The first-order chi connectivity index (χ1) is 7.22. The lowest BCUT2D eigenvalue weighted by molar-refractivity contribution is 0.707. The van der Waals surface area contributed by atoms with Crippen molar-refractivity contribution in [1.29, 1.82) is 0 Å². The third kappa shape index (κ3) is 2.07. The van der Waals surface area contributed by atoms with Crippen LogP contribution in [0.1, 0.15) is 16.6 Å².